The molecular weight excluding hydrogens is 222 g/mol. The molecule has 1 saturated heterocycles. The SMILES string of the molecule is C=CC(=O)O.CCCCC1CCC(=O)NC1=O. The predicted octanol–water partition coefficient (Wildman–Crippen LogP) is 1.49. The Morgan fingerprint density at radius 3 is 2.59 bits per heavy atom. The third-order valence-corrected chi connectivity index (χ3v) is 2.43. The molecule has 1 unspecified atom stereocenters. The van der Waals surface area contributed by atoms with Crippen LogP contribution in [0.5, 0.6) is 0 Å². The van der Waals surface area contributed by atoms with Crippen LogP contribution < -0.4 is 5.32 Å². The maximum Gasteiger partial charge on any atom is 0.327 e. The largest absolute Gasteiger partial charge is 0.478 e. The van der Waals surface area contributed by atoms with Gasteiger partial charge in [-0.25, -0.2) is 4.79 Å². The summed E-state index contributed by atoms with van der Waals surface area (Å²) in [4.78, 5) is 31.2. The van der Waals surface area contributed by atoms with Crippen LogP contribution >= 0.6 is 0 Å². The predicted molar refractivity (Wildman–Crippen MR) is 63.2 cm³/mol. The van der Waals surface area contributed by atoms with Crippen molar-refractivity contribution in [1.29, 1.82) is 0 Å². The van der Waals surface area contributed by atoms with Crippen LogP contribution in [0.1, 0.15) is 39.0 Å². The molecule has 0 radical (unpaired) electrons. The number of carbonyl (C=O) groups excluding carboxylic acids is 2. The molecule has 2 amide bonds. The summed E-state index contributed by atoms with van der Waals surface area (Å²) in [5, 5.41) is 9.96. The molecular formula is C12H19NO4. The van der Waals surface area contributed by atoms with Gasteiger partial charge in [0.05, 0.1) is 0 Å². The van der Waals surface area contributed by atoms with Crippen LogP contribution in [-0.4, -0.2) is 22.9 Å². The zero-order valence-electron chi connectivity index (χ0n) is 10.1. The lowest BCUT2D eigenvalue weighted by molar-refractivity contribution is -0.136. The maximum absolute atomic E-state index is 11.2. The van der Waals surface area contributed by atoms with Crippen molar-refractivity contribution in [3.8, 4) is 0 Å². The molecule has 1 heterocycles. The number of hydrogen-bond acceptors (Lipinski definition) is 3. The highest BCUT2D eigenvalue weighted by Crippen LogP contribution is 2.18. The van der Waals surface area contributed by atoms with Crippen LogP contribution in [0.25, 0.3) is 0 Å². The Bertz CT molecular complexity index is 299. The highest BCUT2D eigenvalue weighted by Gasteiger charge is 2.25. The number of carboxylic acids is 1. The molecule has 0 aromatic carbocycles. The topological polar surface area (TPSA) is 83.5 Å². The molecule has 0 spiro atoms. The van der Waals surface area contributed by atoms with Crippen molar-refractivity contribution < 1.29 is 19.5 Å². The fraction of sp³-hybridized carbons (Fsp3) is 0.583. The van der Waals surface area contributed by atoms with Gasteiger partial charge in [-0.2, -0.15) is 0 Å². The van der Waals surface area contributed by atoms with Gasteiger partial charge in [0.15, 0.2) is 0 Å². The van der Waals surface area contributed by atoms with Crippen LogP contribution in [0.4, 0.5) is 0 Å². The number of piperidine rings is 1. The van der Waals surface area contributed by atoms with Gasteiger partial charge in [-0.05, 0) is 12.8 Å². The summed E-state index contributed by atoms with van der Waals surface area (Å²) in [7, 11) is 0. The number of imide groups is 1. The zero-order valence-corrected chi connectivity index (χ0v) is 10.1. The van der Waals surface area contributed by atoms with E-state index in [9.17, 15) is 14.4 Å². The minimum Gasteiger partial charge on any atom is -0.478 e. The van der Waals surface area contributed by atoms with Crippen molar-refractivity contribution in [2.75, 3.05) is 0 Å². The Morgan fingerprint density at radius 2 is 2.18 bits per heavy atom. The van der Waals surface area contributed by atoms with Gasteiger partial charge >= 0.3 is 5.97 Å². The first-order valence-electron chi connectivity index (χ1n) is 5.70. The maximum atomic E-state index is 11.2. The lowest BCUT2D eigenvalue weighted by Crippen LogP contribution is -2.40. The monoisotopic (exact) mass is 241 g/mol. The smallest absolute Gasteiger partial charge is 0.327 e. The molecule has 1 fully saturated rings. The normalized spacial score (nSPS) is 18.8. The van der Waals surface area contributed by atoms with Gasteiger partial charge in [-0.15, -0.1) is 0 Å². The lowest BCUT2D eigenvalue weighted by Gasteiger charge is -2.20. The van der Waals surface area contributed by atoms with Crippen molar-refractivity contribution in [1.82, 2.24) is 5.32 Å². The van der Waals surface area contributed by atoms with E-state index in [1.54, 1.807) is 0 Å². The van der Waals surface area contributed by atoms with Crippen LogP contribution in [0.2, 0.25) is 0 Å². The highest BCUT2D eigenvalue weighted by molar-refractivity contribution is 5.98. The number of hydrogen-bond donors (Lipinski definition) is 2. The molecule has 0 aromatic heterocycles. The van der Waals surface area contributed by atoms with Gasteiger partial charge in [0.2, 0.25) is 11.8 Å². The minimum absolute atomic E-state index is 0.0697. The summed E-state index contributed by atoms with van der Waals surface area (Å²) in [5.41, 5.74) is 0. The lowest BCUT2D eigenvalue weighted by atomic mass is 9.93. The van der Waals surface area contributed by atoms with Gasteiger partial charge in [0.1, 0.15) is 0 Å². The molecule has 5 heteroatoms. The second-order valence-corrected chi connectivity index (χ2v) is 3.83. The highest BCUT2D eigenvalue weighted by atomic mass is 16.4. The first-order valence-corrected chi connectivity index (χ1v) is 5.70. The Labute approximate surface area is 101 Å². The number of carbonyl (C=O) groups is 3. The third kappa shape index (κ3) is 7.27. The van der Waals surface area contributed by atoms with E-state index in [0.717, 1.165) is 31.8 Å². The van der Waals surface area contributed by atoms with Gasteiger partial charge in [-0.3, -0.25) is 14.9 Å². The molecule has 2 N–H and O–H groups in total. The Kier molecular flexibility index (Phi) is 7.67. The van der Waals surface area contributed by atoms with E-state index in [1.807, 2.05) is 0 Å². The second-order valence-electron chi connectivity index (χ2n) is 3.83. The standard InChI is InChI=1S/C9H15NO2.C3H4O2/c1-2-3-4-7-5-6-8(11)10-9(7)12;1-2-3(4)5/h7H,2-6H2,1H3,(H,10,11,12);2H,1H2,(H,4,5). The average molecular weight is 241 g/mol. The van der Waals surface area contributed by atoms with Crippen LogP contribution in [0.3, 0.4) is 0 Å². The van der Waals surface area contributed by atoms with E-state index in [1.165, 1.54) is 0 Å². The van der Waals surface area contributed by atoms with Gasteiger partial charge in [-0.1, -0.05) is 26.3 Å². The van der Waals surface area contributed by atoms with Crippen LogP contribution in [-0.2, 0) is 14.4 Å². The van der Waals surface area contributed by atoms with Crippen molar-refractivity contribution in [3.05, 3.63) is 12.7 Å². The zero-order chi connectivity index (χ0) is 13.3. The molecule has 1 aliphatic heterocycles. The molecule has 0 saturated carbocycles. The number of nitrogens with one attached hydrogen (secondary N) is 1. The van der Waals surface area contributed by atoms with E-state index in [2.05, 4.69) is 18.8 Å². The van der Waals surface area contributed by atoms with E-state index >= 15 is 0 Å². The van der Waals surface area contributed by atoms with E-state index in [4.69, 9.17) is 5.11 Å². The first-order chi connectivity index (χ1) is 8.01. The van der Waals surface area contributed by atoms with Crippen molar-refractivity contribution in [3.63, 3.8) is 0 Å². The number of aliphatic carboxylic acids is 1. The van der Waals surface area contributed by atoms with Crippen LogP contribution in [0, 0.1) is 5.92 Å². The fourth-order valence-electron chi connectivity index (χ4n) is 1.46. The molecule has 1 aliphatic rings. The number of unbranched alkanes of at least 4 members (excludes halogenated alkanes) is 1. The summed E-state index contributed by atoms with van der Waals surface area (Å²) >= 11 is 0. The van der Waals surface area contributed by atoms with Crippen LogP contribution in [0.15, 0.2) is 12.7 Å². The molecule has 1 atom stereocenters. The Balaban J connectivity index is 0.000000437. The van der Waals surface area contributed by atoms with Crippen molar-refractivity contribution in [2.24, 2.45) is 5.92 Å². The summed E-state index contributed by atoms with van der Waals surface area (Å²) in [6.07, 6.45) is 5.20. The van der Waals surface area contributed by atoms with Crippen molar-refractivity contribution >= 4 is 17.8 Å². The first kappa shape index (κ1) is 15.3. The van der Waals surface area contributed by atoms with Gasteiger partial charge in [0, 0.05) is 18.4 Å². The summed E-state index contributed by atoms with van der Waals surface area (Å²) in [5.74, 6) is -1.08. The third-order valence-electron chi connectivity index (χ3n) is 2.43. The average Bonchev–Trinajstić information content (AvgIpc) is 2.29. The number of amides is 2. The fourth-order valence-corrected chi connectivity index (χ4v) is 1.46. The van der Waals surface area contributed by atoms with E-state index < -0.39 is 5.97 Å². The van der Waals surface area contributed by atoms with Gasteiger partial charge < -0.3 is 5.11 Å². The number of carboxylic acid groups (broad SMARTS) is 1. The Morgan fingerprint density at radius 1 is 1.59 bits per heavy atom. The molecule has 0 aliphatic carbocycles. The number of rotatable bonds is 4. The second kappa shape index (κ2) is 8.50. The molecule has 1 rings (SSSR count). The Hall–Kier alpha value is -1.65. The molecule has 96 valence electrons. The minimum atomic E-state index is -0.981. The van der Waals surface area contributed by atoms with Crippen molar-refractivity contribution in [2.45, 2.75) is 39.0 Å². The summed E-state index contributed by atoms with van der Waals surface area (Å²) in [6, 6.07) is 0. The van der Waals surface area contributed by atoms with E-state index in [-0.39, 0.29) is 17.7 Å². The molecule has 0 aromatic rings. The quantitative estimate of drug-likeness (QED) is 0.577. The molecule has 17 heavy (non-hydrogen) atoms. The molecule has 0 bridgehead atoms. The summed E-state index contributed by atoms with van der Waals surface area (Å²) in [6.45, 7) is 5.06. The molecule has 5 nitrogen and oxygen atoms in total. The van der Waals surface area contributed by atoms with Gasteiger partial charge in [0.25, 0.3) is 0 Å². The summed E-state index contributed by atoms with van der Waals surface area (Å²) < 4.78 is 0. The van der Waals surface area contributed by atoms with E-state index in [0.29, 0.717) is 6.42 Å².